The number of hydrogen-bond acceptors (Lipinski definition) is 4. The minimum atomic E-state index is -0.495. The normalized spacial score (nSPS) is 31.9. The maximum Gasteiger partial charge on any atom is 0.408 e. The number of carbonyl (C=O) groups excluding carboxylic acids is 1. The predicted molar refractivity (Wildman–Crippen MR) is 82.7 cm³/mol. The van der Waals surface area contributed by atoms with Crippen LogP contribution in [0, 0.1) is 0 Å². The van der Waals surface area contributed by atoms with Crippen molar-refractivity contribution in [3.05, 3.63) is 24.3 Å². The van der Waals surface area contributed by atoms with E-state index in [1.165, 1.54) is 0 Å². The number of aliphatic imine (C=N–C) groups is 1. The topological polar surface area (TPSA) is 59.9 Å². The molecule has 2 heterocycles. The largest absolute Gasteiger partial charge is 0.444 e. The van der Waals surface area contributed by atoms with Crippen LogP contribution in [0.3, 0.4) is 0 Å². The van der Waals surface area contributed by atoms with Crippen LogP contribution in [0.15, 0.2) is 29.3 Å². The summed E-state index contributed by atoms with van der Waals surface area (Å²) in [5.41, 5.74) is -0.136. The maximum absolute atomic E-state index is 11.9. The van der Waals surface area contributed by atoms with E-state index in [9.17, 15) is 4.79 Å². The number of nitrogens with zero attached hydrogens (tertiary/aromatic N) is 1. The standard InChI is InChI=1S/C16H24N2O3/c1-6-12(7-8-17-5)16-9-15(10-16,11-20-16)18-13(19)21-14(2,3)4/h6-8H,1,9-11H2,2-5H3,(H,18,19)/b12-7+,17-8?. The molecule has 3 aliphatic rings. The van der Waals surface area contributed by atoms with E-state index in [2.05, 4.69) is 16.9 Å². The van der Waals surface area contributed by atoms with Crippen LogP contribution >= 0.6 is 0 Å². The molecule has 2 bridgehead atoms. The number of hydrogen-bond donors (Lipinski definition) is 1. The van der Waals surface area contributed by atoms with E-state index in [4.69, 9.17) is 9.47 Å². The van der Waals surface area contributed by atoms with Gasteiger partial charge in [0.25, 0.3) is 0 Å². The lowest BCUT2D eigenvalue weighted by Crippen LogP contribution is -2.60. The number of amides is 1. The van der Waals surface area contributed by atoms with Crippen molar-refractivity contribution in [3.63, 3.8) is 0 Å². The SMILES string of the molecule is C=C/C(=C\C=NC)C12CC(NC(=O)OC(C)(C)C)(CO1)C2. The van der Waals surface area contributed by atoms with Crippen LogP contribution in [0.1, 0.15) is 33.6 Å². The van der Waals surface area contributed by atoms with Crippen LogP contribution in [0.2, 0.25) is 0 Å². The fraction of sp³-hybridized carbons (Fsp3) is 0.625. The fourth-order valence-corrected chi connectivity index (χ4v) is 3.01. The van der Waals surface area contributed by atoms with Gasteiger partial charge in [-0.25, -0.2) is 4.79 Å². The molecule has 0 aromatic carbocycles. The zero-order valence-electron chi connectivity index (χ0n) is 13.2. The van der Waals surface area contributed by atoms with E-state index in [-0.39, 0.29) is 17.2 Å². The van der Waals surface area contributed by atoms with Crippen molar-refractivity contribution >= 4 is 12.3 Å². The van der Waals surface area contributed by atoms with Gasteiger partial charge in [-0.2, -0.15) is 0 Å². The van der Waals surface area contributed by atoms with Crippen molar-refractivity contribution in [2.24, 2.45) is 4.99 Å². The van der Waals surface area contributed by atoms with Gasteiger partial charge in [-0.3, -0.25) is 4.99 Å². The second-order valence-electron chi connectivity index (χ2n) is 6.78. The van der Waals surface area contributed by atoms with Crippen LogP contribution in [0.5, 0.6) is 0 Å². The average molecular weight is 292 g/mol. The lowest BCUT2D eigenvalue weighted by atomic mass is 9.65. The Morgan fingerprint density at radius 3 is 2.62 bits per heavy atom. The zero-order valence-corrected chi connectivity index (χ0v) is 13.2. The van der Waals surface area contributed by atoms with Gasteiger partial charge in [0.1, 0.15) is 5.60 Å². The van der Waals surface area contributed by atoms with E-state index >= 15 is 0 Å². The molecule has 0 radical (unpaired) electrons. The van der Waals surface area contributed by atoms with E-state index < -0.39 is 5.60 Å². The van der Waals surface area contributed by atoms with Crippen molar-refractivity contribution in [2.75, 3.05) is 13.7 Å². The summed E-state index contributed by atoms with van der Waals surface area (Å²) in [6.07, 6.45) is 6.54. The number of allylic oxidation sites excluding steroid dienone is 1. The second-order valence-corrected chi connectivity index (χ2v) is 6.78. The Hall–Kier alpha value is -1.62. The van der Waals surface area contributed by atoms with Crippen LogP contribution in [-0.4, -0.2) is 42.7 Å². The van der Waals surface area contributed by atoms with Crippen LogP contribution in [-0.2, 0) is 9.47 Å². The van der Waals surface area contributed by atoms with Gasteiger partial charge in [0, 0.05) is 26.1 Å². The monoisotopic (exact) mass is 292 g/mol. The number of rotatable bonds is 4. The van der Waals surface area contributed by atoms with Crippen molar-refractivity contribution < 1.29 is 14.3 Å². The molecule has 2 saturated heterocycles. The van der Waals surface area contributed by atoms with Gasteiger partial charge < -0.3 is 14.8 Å². The second kappa shape index (κ2) is 5.30. The van der Waals surface area contributed by atoms with Gasteiger partial charge in [0.05, 0.1) is 17.7 Å². The molecule has 5 nitrogen and oxygen atoms in total. The number of nitrogens with one attached hydrogen (secondary N) is 1. The first-order chi connectivity index (χ1) is 9.74. The molecular formula is C16H24N2O3. The Kier molecular flexibility index (Phi) is 3.97. The molecule has 0 spiro atoms. The Balaban J connectivity index is 2.00. The Morgan fingerprint density at radius 2 is 2.10 bits per heavy atom. The van der Waals surface area contributed by atoms with Crippen molar-refractivity contribution in [2.45, 2.75) is 50.4 Å². The number of carbonyl (C=O) groups is 1. The highest BCUT2D eigenvalue weighted by Crippen LogP contribution is 2.55. The van der Waals surface area contributed by atoms with Gasteiger partial charge in [-0.15, -0.1) is 0 Å². The maximum atomic E-state index is 11.9. The van der Waals surface area contributed by atoms with Gasteiger partial charge in [-0.05, 0) is 32.4 Å². The van der Waals surface area contributed by atoms with E-state index in [1.54, 1.807) is 19.3 Å². The molecule has 5 heteroatoms. The first-order valence-corrected chi connectivity index (χ1v) is 7.15. The van der Waals surface area contributed by atoms with E-state index in [0.717, 1.165) is 18.4 Å². The zero-order chi connectivity index (χ0) is 15.7. The van der Waals surface area contributed by atoms with Crippen molar-refractivity contribution in [3.8, 4) is 0 Å². The van der Waals surface area contributed by atoms with Crippen LogP contribution in [0.25, 0.3) is 0 Å². The molecule has 1 saturated carbocycles. The minimum absolute atomic E-state index is 0.312. The van der Waals surface area contributed by atoms with Gasteiger partial charge in [-0.1, -0.05) is 12.7 Å². The summed E-state index contributed by atoms with van der Waals surface area (Å²) in [7, 11) is 1.72. The fourth-order valence-electron chi connectivity index (χ4n) is 3.01. The quantitative estimate of drug-likeness (QED) is 0.640. The van der Waals surface area contributed by atoms with E-state index in [0.29, 0.717) is 6.61 Å². The summed E-state index contributed by atoms with van der Waals surface area (Å²) in [5, 5.41) is 2.96. The average Bonchev–Trinajstić information content (AvgIpc) is 2.83. The minimum Gasteiger partial charge on any atom is -0.444 e. The third kappa shape index (κ3) is 3.18. The molecule has 2 aliphatic heterocycles. The number of ether oxygens (including phenoxy) is 2. The summed E-state index contributed by atoms with van der Waals surface area (Å²) in [5.74, 6) is 0. The molecule has 3 rings (SSSR count). The summed E-state index contributed by atoms with van der Waals surface area (Å²) in [6.45, 7) is 9.89. The molecule has 1 amide bonds. The first-order valence-electron chi connectivity index (χ1n) is 7.15. The summed E-state index contributed by atoms with van der Waals surface area (Å²) in [6, 6.07) is 0. The molecule has 0 aromatic rings. The predicted octanol–water partition coefficient (Wildman–Crippen LogP) is 2.63. The smallest absolute Gasteiger partial charge is 0.408 e. The molecule has 3 fully saturated rings. The Labute approximate surface area is 126 Å². The highest BCUT2D eigenvalue weighted by molar-refractivity contribution is 5.74. The molecule has 0 aromatic heterocycles. The summed E-state index contributed by atoms with van der Waals surface area (Å²) in [4.78, 5) is 15.9. The third-order valence-electron chi connectivity index (χ3n) is 3.79. The summed E-state index contributed by atoms with van der Waals surface area (Å²) < 4.78 is 11.2. The van der Waals surface area contributed by atoms with Crippen LogP contribution < -0.4 is 5.32 Å². The lowest BCUT2D eigenvalue weighted by Gasteiger charge is -2.45. The highest BCUT2D eigenvalue weighted by atomic mass is 16.6. The van der Waals surface area contributed by atoms with Crippen LogP contribution in [0.4, 0.5) is 4.79 Å². The van der Waals surface area contributed by atoms with Gasteiger partial charge in [0.15, 0.2) is 0 Å². The molecule has 1 aliphatic carbocycles. The molecule has 116 valence electrons. The van der Waals surface area contributed by atoms with E-state index in [1.807, 2.05) is 26.8 Å². The van der Waals surface area contributed by atoms with Gasteiger partial charge in [0.2, 0.25) is 0 Å². The highest BCUT2D eigenvalue weighted by Gasteiger charge is 2.64. The Morgan fingerprint density at radius 1 is 1.43 bits per heavy atom. The molecule has 0 unspecified atom stereocenters. The molecular weight excluding hydrogens is 268 g/mol. The third-order valence-corrected chi connectivity index (χ3v) is 3.79. The Bertz CT molecular complexity index is 494. The van der Waals surface area contributed by atoms with Crippen molar-refractivity contribution in [1.29, 1.82) is 0 Å². The molecule has 1 N–H and O–H groups in total. The lowest BCUT2D eigenvalue weighted by molar-refractivity contribution is 0.0228. The number of alkyl carbamates (subject to hydrolysis) is 1. The first kappa shape index (κ1) is 15.8. The molecule has 0 atom stereocenters. The number of fused-ring (bicyclic) bond motifs is 1. The van der Waals surface area contributed by atoms with Gasteiger partial charge >= 0.3 is 6.09 Å². The summed E-state index contributed by atoms with van der Waals surface area (Å²) >= 11 is 0. The van der Waals surface area contributed by atoms with Crippen molar-refractivity contribution in [1.82, 2.24) is 5.32 Å². The molecule has 21 heavy (non-hydrogen) atoms.